The molecule has 0 saturated heterocycles. The van der Waals surface area contributed by atoms with Crippen LogP contribution in [0.2, 0.25) is 0 Å². The normalized spacial score (nSPS) is 13.2. The molecule has 0 atom stereocenters. The van der Waals surface area contributed by atoms with Crippen molar-refractivity contribution in [2.75, 3.05) is 25.5 Å². The minimum Gasteiger partial charge on any atom is -0.355 e. The van der Waals surface area contributed by atoms with E-state index in [1.807, 2.05) is 30.3 Å². The van der Waals surface area contributed by atoms with Crippen molar-refractivity contribution >= 4 is 44.1 Å². The summed E-state index contributed by atoms with van der Waals surface area (Å²) in [4.78, 5) is 40.3. The number of fused-ring (bicyclic) bond motifs is 1. The summed E-state index contributed by atoms with van der Waals surface area (Å²) in [7, 11) is -2.24. The van der Waals surface area contributed by atoms with Crippen molar-refractivity contribution in [3.8, 4) is 0 Å². The lowest BCUT2D eigenvalue weighted by atomic mass is 10.0. The van der Waals surface area contributed by atoms with Crippen molar-refractivity contribution in [2.45, 2.75) is 38.3 Å². The standard InChI is InChI=1S/C27H30N4O5S2/c1-4-31(16-19-8-6-5-7-9-19)38(35,36)21-12-10-20(11-13-21)25(33)29-27-24(26(34)28-3)22-14-15-30(18(2)32)17-23(22)37-27/h5-13H,4,14-17H2,1-3H3,(H,28,34)(H,29,33). The lowest BCUT2D eigenvalue weighted by Crippen LogP contribution is -2.34. The second-order valence-corrected chi connectivity index (χ2v) is 11.9. The van der Waals surface area contributed by atoms with Gasteiger partial charge in [0.2, 0.25) is 15.9 Å². The fourth-order valence-electron chi connectivity index (χ4n) is 4.38. The van der Waals surface area contributed by atoms with Gasteiger partial charge in [0.15, 0.2) is 0 Å². The maximum Gasteiger partial charge on any atom is 0.256 e. The first-order valence-corrected chi connectivity index (χ1v) is 14.5. The van der Waals surface area contributed by atoms with Crippen molar-refractivity contribution in [3.63, 3.8) is 0 Å². The number of amides is 3. The van der Waals surface area contributed by atoms with Crippen molar-refractivity contribution < 1.29 is 22.8 Å². The highest BCUT2D eigenvalue weighted by molar-refractivity contribution is 7.89. The Morgan fingerprint density at radius 2 is 1.71 bits per heavy atom. The average Bonchev–Trinajstić information content (AvgIpc) is 3.28. The number of carbonyl (C=O) groups excluding carboxylic acids is 3. The molecule has 1 aromatic heterocycles. The van der Waals surface area contributed by atoms with Gasteiger partial charge < -0.3 is 15.5 Å². The number of hydrogen-bond donors (Lipinski definition) is 2. The first-order chi connectivity index (χ1) is 18.1. The SMILES string of the molecule is CCN(Cc1ccccc1)S(=O)(=O)c1ccc(C(=O)Nc2sc3c(c2C(=O)NC)CCN(C(C)=O)C3)cc1. The fraction of sp³-hybridized carbons (Fsp3) is 0.296. The third-order valence-electron chi connectivity index (χ3n) is 6.49. The summed E-state index contributed by atoms with van der Waals surface area (Å²) in [5.74, 6) is -0.817. The topological polar surface area (TPSA) is 116 Å². The number of rotatable bonds is 8. The first-order valence-electron chi connectivity index (χ1n) is 12.2. The molecule has 200 valence electrons. The van der Waals surface area contributed by atoms with Gasteiger partial charge in [0.05, 0.1) is 17.0 Å². The van der Waals surface area contributed by atoms with E-state index in [1.165, 1.54) is 53.9 Å². The van der Waals surface area contributed by atoms with Gasteiger partial charge in [0.1, 0.15) is 5.00 Å². The van der Waals surface area contributed by atoms with E-state index in [-0.39, 0.29) is 28.8 Å². The molecule has 2 N–H and O–H groups in total. The van der Waals surface area contributed by atoms with Crippen molar-refractivity contribution in [1.29, 1.82) is 0 Å². The third-order valence-corrected chi connectivity index (χ3v) is 9.56. The van der Waals surface area contributed by atoms with E-state index >= 15 is 0 Å². The van der Waals surface area contributed by atoms with Crippen LogP contribution in [0, 0.1) is 0 Å². The number of hydrogen-bond acceptors (Lipinski definition) is 6. The van der Waals surface area contributed by atoms with Crippen LogP contribution in [0.1, 0.15) is 50.6 Å². The van der Waals surface area contributed by atoms with E-state index < -0.39 is 15.9 Å². The van der Waals surface area contributed by atoms with Crippen LogP contribution in [0.5, 0.6) is 0 Å². The van der Waals surface area contributed by atoms with Gasteiger partial charge in [-0.25, -0.2) is 8.42 Å². The Hall–Kier alpha value is -3.54. The molecule has 0 radical (unpaired) electrons. The Morgan fingerprint density at radius 3 is 2.32 bits per heavy atom. The molecule has 1 aliphatic heterocycles. The smallest absolute Gasteiger partial charge is 0.256 e. The van der Waals surface area contributed by atoms with Crippen LogP contribution in [0.25, 0.3) is 0 Å². The summed E-state index contributed by atoms with van der Waals surface area (Å²) in [6.45, 7) is 4.72. The number of benzene rings is 2. The largest absolute Gasteiger partial charge is 0.355 e. The van der Waals surface area contributed by atoms with Gasteiger partial charge in [-0.15, -0.1) is 11.3 Å². The second kappa shape index (κ2) is 11.5. The van der Waals surface area contributed by atoms with Gasteiger partial charge in [0.25, 0.3) is 11.8 Å². The Labute approximate surface area is 226 Å². The second-order valence-electron chi connectivity index (χ2n) is 8.87. The summed E-state index contributed by atoms with van der Waals surface area (Å²) in [5, 5.41) is 5.85. The van der Waals surface area contributed by atoms with Crippen LogP contribution >= 0.6 is 11.3 Å². The Bertz CT molecular complexity index is 1450. The Balaban J connectivity index is 1.54. The van der Waals surface area contributed by atoms with Crippen LogP contribution in [-0.4, -0.2) is 55.5 Å². The lowest BCUT2D eigenvalue weighted by Gasteiger charge is -2.25. The summed E-state index contributed by atoms with van der Waals surface area (Å²) in [6, 6.07) is 15.1. The molecule has 0 spiro atoms. The summed E-state index contributed by atoms with van der Waals surface area (Å²) < 4.78 is 27.9. The molecule has 0 fully saturated rings. The summed E-state index contributed by atoms with van der Waals surface area (Å²) >= 11 is 1.28. The minimum absolute atomic E-state index is 0.0448. The maximum absolute atomic E-state index is 13.2. The number of carbonyl (C=O) groups is 3. The molecule has 0 saturated carbocycles. The molecule has 0 unspecified atom stereocenters. The number of thiophene rings is 1. The van der Waals surface area contributed by atoms with Crippen molar-refractivity contribution in [1.82, 2.24) is 14.5 Å². The van der Waals surface area contributed by atoms with E-state index in [9.17, 15) is 22.8 Å². The maximum atomic E-state index is 13.2. The molecule has 38 heavy (non-hydrogen) atoms. The van der Waals surface area contributed by atoms with Gasteiger partial charge >= 0.3 is 0 Å². The van der Waals surface area contributed by atoms with Crippen LogP contribution in [0.4, 0.5) is 5.00 Å². The monoisotopic (exact) mass is 554 g/mol. The molecular weight excluding hydrogens is 524 g/mol. The van der Waals surface area contributed by atoms with Crippen LogP contribution in [-0.2, 0) is 34.3 Å². The number of anilines is 1. The van der Waals surface area contributed by atoms with Gasteiger partial charge in [-0.3, -0.25) is 14.4 Å². The van der Waals surface area contributed by atoms with Crippen LogP contribution in [0.15, 0.2) is 59.5 Å². The zero-order valence-corrected chi connectivity index (χ0v) is 23.1. The molecule has 11 heteroatoms. The molecule has 0 bridgehead atoms. The highest BCUT2D eigenvalue weighted by Crippen LogP contribution is 2.37. The lowest BCUT2D eigenvalue weighted by molar-refractivity contribution is -0.129. The molecule has 3 aromatic rings. The van der Waals surface area contributed by atoms with Crippen LogP contribution in [0.3, 0.4) is 0 Å². The van der Waals surface area contributed by atoms with E-state index in [0.29, 0.717) is 36.6 Å². The van der Waals surface area contributed by atoms with E-state index in [0.717, 1.165) is 16.0 Å². The molecule has 2 heterocycles. The predicted molar refractivity (Wildman–Crippen MR) is 147 cm³/mol. The molecule has 2 aromatic carbocycles. The highest BCUT2D eigenvalue weighted by atomic mass is 32.2. The number of nitrogens with zero attached hydrogens (tertiary/aromatic N) is 2. The first kappa shape index (κ1) is 27.5. The third kappa shape index (κ3) is 5.64. The van der Waals surface area contributed by atoms with E-state index in [2.05, 4.69) is 10.6 Å². The number of nitrogens with one attached hydrogen (secondary N) is 2. The quantitative estimate of drug-likeness (QED) is 0.442. The molecular formula is C27H30N4O5S2. The van der Waals surface area contributed by atoms with Gasteiger partial charge in [0, 0.05) is 44.0 Å². The van der Waals surface area contributed by atoms with Crippen LogP contribution < -0.4 is 10.6 Å². The zero-order valence-electron chi connectivity index (χ0n) is 21.5. The Morgan fingerprint density at radius 1 is 1.03 bits per heavy atom. The molecule has 4 rings (SSSR count). The highest BCUT2D eigenvalue weighted by Gasteiger charge is 2.29. The molecule has 9 nitrogen and oxygen atoms in total. The van der Waals surface area contributed by atoms with Gasteiger partial charge in [-0.05, 0) is 41.8 Å². The van der Waals surface area contributed by atoms with Gasteiger partial charge in [-0.1, -0.05) is 37.3 Å². The summed E-state index contributed by atoms with van der Waals surface area (Å²) in [5.41, 5.74) is 2.38. The summed E-state index contributed by atoms with van der Waals surface area (Å²) in [6.07, 6.45) is 0.521. The molecule has 1 aliphatic rings. The zero-order chi connectivity index (χ0) is 27.4. The molecule has 3 amide bonds. The average molecular weight is 555 g/mol. The minimum atomic E-state index is -3.77. The van der Waals surface area contributed by atoms with Gasteiger partial charge in [-0.2, -0.15) is 4.31 Å². The predicted octanol–water partition coefficient (Wildman–Crippen LogP) is 3.48. The van der Waals surface area contributed by atoms with E-state index in [1.54, 1.807) is 11.8 Å². The van der Waals surface area contributed by atoms with Crippen molar-refractivity contribution in [3.05, 3.63) is 81.7 Å². The fourth-order valence-corrected chi connectivity index (χ4v) is 7.07. The number of sulfonamides is 1. The van der Waals surface area contributed by atoms with Crippen molar-refractivity contribution in [2.24, 2.45) is 0 Å². The van der Waals surface area contributed by atoms with E-state index in [4.69, 9.17) is 0 Å². The molecule has 0 aliphatic carbocycles. The Kier molecular flexibility index (Phi) is 8.29.